The van der Waals surface area contributed by atoms with E-state index in [-0.39, 0.29) is 12.6 Å². The minimum Gasteiger partial charge on any atom is -0.394 e. The number of hydrogen-bond donors (Lipinski definition) is 2. The molecule has 3 nitrogen and oxygen atoms in total. The Kier molecular flexibility index (Phi) is 5.02. The van der Waals surface area contributed by atoms with Crippen LogP contribution in [0.4, 0.5) is 5.69 Å². The molecule has 0 aromatic heterocycles. The van der Waals surface area contributed by atoms with Crippen LogP contribution in [0.25, 0.3) is 0 Å². The summed E-state index contributed by atoms with van der Waals surface area (Å²) < 4.78 is 0. The molecule has 0 spiro atoms. The van der Waals surface area contributed by atoms with Crippen molar-refractivity contribution >= 4 is 34.5 Å². The fraction of sp³-hybridized carbons (Fsp3) is 0.500. The van der Waals surface area contributed by atoms with Crippen molar-refractivity contribution in [2.45, 2.75) is 31.7 Å². The van der Waals surface area contributed by atoms with Gasteiger partial charge in [0.15, 0.2) is 0 Å². The minimum atomic E-state index is 0.136. The Bertz CT molecular complexity index is 467. The van der Waals surface area contributed by atoms with Crippen molar-refractivity contribution in [2.24, 2.45) is 5.73 Å². The highest BCUT2D eigenvalue weighted by Crippen LogP contribution is 2.29. The molecule has 0 amide bonds. The van der Waals surface area contributed by atoms with Gasteiger partial charge < -0.3 is 15.7 Å². The maximum atomic E-state index is 9.60. The number of rotatable bonds is 3. The van der Waals surface area contributed by atoms with Crippen LogP contribution >= 0.6 is 23.8 Å². The lowest BCUT2D eigenvalue weighted by molar-refractivity contribution is 0.255. The van der Waals surface area contributed by atoms with E-state index in [1.165, 1.54) is 6.42 Å². The molecular weight excluding hydrogens is 280 g/mol. The molecule has 0 aliphatic carbocycles. The van der Waals surface area contributed by atoms with Crippen LogP contribution in [0, 0.1) is 0 Å². The molecular formula is C14H19ClN2OS. The van der Waals surface area contributed by atoms with Crippen LogP contribution in [0.2, 0.25) is 5.02 Å². The van der Waals surface area contributed by atoms with Gasteiger partial charge in [-0.2, -0.15) is 0 Å². The van der Waals surface area contributed by atoms with Crippen molar-refractivity contribution in [1.29, 1.82) is 0 Å². The van der Waals surface area contributed by atoms with Crippen LogP contribution in [0.15, 0.2) is 18.2 Å². The first-order valence-corrected chi connectivity index (χ1v) is 7.39. The van der Waals surface area contributed by atoms with Crippen LogP contribution in [0.5, 0.6) is 0 Å². The normalized spacial score (nSPS) is 20.1. The molecule has 1 aromatic rings. The molecule has 1 atom stereocenters. The first-order valence-electron chi connectivity index (χ1n) is 6.60. The van der Waals surface area contributed by atoms with Crippen LogP contribution in [-0.2, 0) is 0 Å². The largest absolute Gasteiger partial charge is 0.394 e. The maximum Gasteiger partial charge on any atom is 0.106 e. The molecule has 0 radical (unpaired) electrons. The summed E-state index contributed by atoms with van der Waals surface area (Å²) in [5.74, 6) is 0. The Hall–Kier alpha value is -0.840. The van der Waals surface area contributed by atoms with E-state index in [1.807, 2.05) is 12.1 Å². The quantitative estimate of drug-likeness (QED) is 0.843. The van der Waals surface area contributed by atoms with Crippen LogP contribution in [0.1, 0.15) is 31.2 Å². The smallest absolute Gasteiger partial charge is 0.106 e. The SMILES string of the molecule is NC(=S)c1cc(Cl)ccc1N1CCCCCC1CO. The molecule has 0 saturated carbocycles. The summed E-state index contributed by atoms with van der Waals surface area (Å²) in [6, 6.07) is 5.73. The van der Waals surface area contributed by atoms with Gasteiger partial charge >= 0.3 is 0 Å². The fourth-order valence-corrected chi connectivity index (χ4v) is 2.98. The molecule has 1 fully saturated rings. The number of hydrogen-bond acceptors (Lipinski definition) is 3. The van der Waals surface area contributed by atoms with Crippen molar-refractivity contribution < 1.29 is 5.11 Å². The van der Waals surface area contributed by atoms with Gasteiger partial charge in [-0.1, -0.05) is 36.7 Å². The van der Waals surface area contributed by atoms with Gasteiger partial charge in [-0.3, -0.25) is 0 Å². The van der Waals surface area contributed by atoms with Gasteiger partial charge in [0.25, 0.3) is 0 Å². The van der Waals surface area contributed by atoms with Gasteiger partial charge in [0, 0.05) is 22.8 Å². The lowest BCUT2D eigenvalue weighted by Crippen LogP contribution is -2.38. The number of nitrogens with two attached hydrogens (primary N) is 1. The van der Waals surface area contributed by atoms with Gasteiger partial charge in [0.05, 0.1) is 12.6 Å². The zero-order valence-corrected chi connectivity index (χ0v) is 12.4. The molecule has 1 aliphatic heterocycles. The van der Waals surface area contributed by atoms with E-state index in [9.17, 15) is 5.11 Å². The fourth-order valence-electron chi connectivity index (χ4n) is 2.64. The molecule has 5 heteroatoms. The van der Waals surface area contributed by atoms with Crippen LogP contribution < -0.4 is 10.6 Å². The summed E-state index contributed by atoms with van der Waals surface area (Å²) in [6.45, 7) is 1.07. The minimum absolute atomic E-state index is 0.136. The van der Waals surface area contributed by atoms with E-state index in [2.05, 4.69) is 4.90 Å². The monoisotopic (exact) mass is 298 g/mol. The van der Waals surface area contributed by atoms with Crippen molar-refractivity contribution in [3.63, 3.8) is 0 Å². The van der Waals surface area contributed by atoms with Crippen molar-refractivity contribution in [3.8, 4) is 0 Å². The highest BCUT2D eigenvalue weighted by Gasteiger charge is 2.23. The van der Waals surface area contributed by atoms with Crippen molar-refractivity contribution in [2.75, 3.05) is 18.1 Å². The van der Waals surface area contributed by atoms with Crippen molar-refractivity contribution in [1.82, 2.24) is 0 Å². The number of anilines is 1. The number of aliphatic hydroxyl groups excluding tert-OH is 1. The van der Waals surface area contributed by atoms with E-state index in [1.54, 1.807) is 6.07 Å². The summed E-state index contributed by atoms with van der Waals surface area (Å²) in [4.78, 5) is 2.57. The third-order valence-corrected chi connectivity index (χ3v) is 4.08. The lowest BCUT2D eigenvalue weighted by Gasteiger charge is -2.32. The highest BCUT2D eigenvalue weighted by molar-refractivity contribution is 7.80. The third kappa shape index (κ3) is 3.38. The van der Waals surface area contributed by atoms with Crippen molar-refractivity contribution in [3.05, 3.63) is 28.8 Å². The van der Waals surface area contributed by atoms with Gasteiger partial charge in [-0.05, 0) is 31.0 Å². The first kappa shape index (κ1) is 14.6. The molecule has 1 heterocycles. The number of halogens is 1. The van der Waals surface area contributed by atoms with Gasteiger partial charge in [0.1, 0.15) is 4.99 Å². The Labute approximate surface area is 124 Å². The maximum absolute atomic E-state index is 9.60. The standard InChI is InChI=1S/C14H19ClN2OS/c15-10-5-6-13(12(8-10)14(16)19)17-7-3-1-2-4-11(17)9-18/h5-6,8,11,18H,1-4,7,9H2,(H2,16,19). The molecule has 104 valence electrons. The average molecular weight is 299 g/mol. The Morgan fingerprint density at radius 2 is 2.21 bits per heavy atom. The number of nitrogens with zero attached hydrogens (tertiary/aromatic N) is 1. The van der Waals surface area contributed by atoms with E-state index >= 15 is 0 Å². The molecule has 1 unspecified atom stereocenters. The summed E-state index contributed by atoms with van der Waals surface area (Å²) in [7, 11) is 0. The van der Waals surface area contributed by atoms with E-state index < -0.39 is 0 Å². The third-order valence-electron chi connectivity index (χ3n) is 3.62. The van der Waals surface area contributed by atoms with Gasteiger partial charge in [-0.15, -0.1) is 0 Å². The number of thiocarbonyl (C=S) groups is 1. The number of aliphatic hydroxyl groups is 1. The lowest BCUT2D eigenvalue weighted by atomic mass is 10.1. The molecule has 1 aromatic carbocycles. The Morgan fingerprint density at radius 3 is 2.89 bits per heavy atom. The highest BCUT2D eigenvalue weighted by atomic mass is 35.5. The summed E-state index contributed by atoms with van der Waals surface area (Å²) in [6.07, 6.45) is 4.46. The molecule has 3 N–H and O–H groups in total. The Balaban J connectivity index is 2.40. The van der Waals surface area contributed by atoms with Crippen LogP contribution in [0.3, 0.4) is 0 Å². The zero-order valence-electron chi connectivity index (χ0n) is 10.8. The Morgan fingerprint density at radius 1 is 1.42 bits per heavy atom. The predicted molar refractivity (Wildman–Crippen MR) is 84.0 cm³/mol. The molecule has 2 rings (SSSR count). The van der Waals surface area contributed by atoms with Gasteiger partial charge in [0.2, 0.25) is 0 Å². The summed E-state index contributed by atoms with van der Waals surface area (Å²) in [5, 5.41) is 10.2. The first-order chi connectivity index (χ1) is 9.13. The van der Waals surface area contributed by atoms with Gasteiger partial charge in [-0.25, -0.2) is 0 Å². The molecule has 1 aliphatic rings. The van der Waals surface area contributed by atoms with E-state index in [0.717, 1.165) is 37.1 Å². The predicted octanol–water partition coefficient (Wildman–Crippen LogP) is 2.72. The molecule has 0 bridgehead atoms. The molecule has 1 saturated heterocycles. The second-order valence-electron chi connectivity index (χ2n) is 4.90. The second kappa shape index (κ2) is 6.55. The zero-order chi connectivity index (χ0) is 13.8. The number of benzene rings is 1. The second-order valence-corrected chi connectivity index (χ2v) is 5.78. The van der Waals surface area contributed by atoms with E-state index in [4.69, 9.17) is 29.6 Å². The van der Waals surface area contributed by atoms with Crippen LogP contribution in [-0.4, -0.2) is 29.3 Å². The summed E-state index contributed by atoms with van der Waals surface area (Å²) >= 11 is 11.1. The molecule has 19 heavy (non-hydrogen) atoms. The topological polar surface area (TPSA) is 49.5 Å². The van der Waals surface area contributed by atoms with E-state index in [0.29, 0.717) is 10.0 Å². The summed E-state index contributed by atoms with van der Waals surface area (Å²) in [5.41, 5.74) is 7.58. The average Bonchev–Trinajstić information content (AvgIpc) is 2.63.